The monoisotopic (exact) mass is 275 g/mol. The number of aliphatic hydroxyl groups excluding tert-OH is 1. The van der Waals surface area contributed by atoms with Crippen LogP contribution in [-0.4, -0.2) is 17.6 Å². The number of nitrogens with one attached hydrogen (secondary N) is 1. The first kappa shape index (κ1) is 16.4. The van der Waals surface area contributed by atoms with E-state index in [-0.39, 0.29) is 18.6 Å². The highest BCUT2D eigenvalue weighted by Crippen LogP contribution is 2.14. The second-order valence-corrected chi connectivity index (χ2v) is 4.85. The van der Waals surface area contributed by atoms with Gasteiger partial charge >= 0.3 is 0 Å². The molecule has 0 aliphatic rings. The molecule has 3 heteroatoms. The Labute approximate surface area is 121 Å². The molecule has 0 radical (unpaired) electrons. The van der Waals surface area contributed by atoms with E-state index in [1.165, 1.54) is 5.56 Å². The van der Waals surface area contributed by atoms with Crippen molar-refractivity contribution in [2.24, 2.45) is 0 Å². The number of benzene rings is 1. The summed E-state index contributed by atoms with van der Waals surface area (Å²) in [7, 11) is 0. The number of amides is 1. The number of hydrogen-bond acceptors (Lipinski definition) is 2. The number of rotatable bonds is 7. The molecule has 3 nitrogen and oxygen atoms in total. The Kier molecular flexibility index (Phi) is 7.02. The second kappa shape index (κ2) is 8.54. The molecule has 0 spiro atoms. The summed E-state index contributed by atoms with van der Waals surface area (Å²) < 4.78 is 0. The largest absolute Gasteiger partial charge is 0.394 e. The van der Waals surface area contributed by atoms with Crippen molar-refractivity contribution in [3.8, 4) is 0 Å². The molecule has 0 fully saturated rings. The van der Waals surface area contributed by atoms with E-state index in [0.29, 0.717) is 0 Å². The third-order valence-corrected chi connectivity index (χ3v) is 3.53. The number of aliphatic hydroxyl groups is 1. The zero-order valence-corrected chi connectivity index (χ0v) is 12.6. The average molecular weight is 275 g/mol. The van der Waals surface area contributed by atoms with E-state index in [0.717, 1.165) is 30.4 Å². The van der Waals surface area contributed by atoms with Gasteiger partial charge in [0.15, 0.2) is 0 Å². The van der Waals surface area contributed by atoms with Gasteiger partial charge in [-0.1, -0.05) is 50.6 Å². The van der Waals surface area contributed by atoms with Crippen molar-refractivity contribution in [3.63, 3.8) is 0 Å². The van der Waals surface area contributed by atoms with Crippen molar-refractivity contribution in [1.82, 2.24) is 5.32 Å². The molecule has 1 rings (SSSR count). The lowest BCUT2D eigenvalue weighted by atomic mass is 10.0. The highest BCUT2D eigenvalue weighted by Gasteiger charge is 2.12. The normalized spacial score (nSPS) is 11.8. The number of allylic oxidation sites excluding steroid dienone is 1. The molecule has 1 aromatic carbocycles. The molecule has 20 heavy (non-hydrogen) atoms. The van der Waals surface area contributed by atoms with Crippen LogP contribution in [-0.2, 0) is 11.2 Å². The Balaban J connectivity index is 2.75. The van der Waals surface area contributed by atoms with Gasteiger partial charge in [0.05, 0.1) is 12.6 Å². The number of carbonyl (C=O) groups is 1. The Bertz CT molecular complexity index is 443. The average Bonchev–Trinajstić information content (AvgIpc) is 2.50. The van der Waals surface area contributed by atoms with Crippen LogP contribution in [0.25, 0.3) is 0 Å². The van der Waals surface area contributed by atoms with Gasteiger partial charge in [-0.3, -0.25) is 4.79 Å². The Morgan fingerprint density at radius 1 is 1.20 bits per heavy atom. The maximum Gasteiger partial charge on any atom is 0.244 e. The fourth-order valence-corrected chi connectivity index (χ4v) is 2.07. The van der Waals surface area contributed by atoms with Crippen molar-refractivity contribution in [1.29, 1.82) is 0 Å². The lowest BCUT2D eigenvalue weighted by molar-refractivity contribution is -0.117. The van der Waals surface area contributed by atoms with Gasteiger partial charge in [-0.2, -0.15) is 0 Å². The van der Waals surface area contributed by atoms with Crippen LogP contribution in [0.15, 0.2) is 35.9 Å². The minimum Gasteiger partial charge on any atom is -0.394 e. The molecular weight excluding hydrogens is 250 g/mol. The van der Waals surface area contributed by atoms with E-state index in [4.69, 9.17) is 0 Å². The van der Waals surface area contributed by atoms with Crippen LogP contribution in [0, 0.1) is 0 Å². The molecule has 0 saturated carbocycles. The van der Waals surface area contributed by atoms with Gasteiger partial charge in [0, 0.05) is 6.08 Å². The molecule has 110 valence electrons. The molecule has 0 heterocycles. The first-order valence-corrected chi connectivity index (χ1v) is 7.34. The third kappa shape index (κ3) is 4.82. The molecule has 1 amide bonds. The van der Waals surface area contributed by atoms with E-state index >= 15 is 0 Å². The number of hydrogen-bond donors (Lipinski definition) is 2. The number of carbonyl (C=O) groups excluding carboxylic acids is 1. The Morgan fingerprint density at radius 2 is 1.80 bits per heavy atom. The van der Waals surface area contributed by atoms with Gasteiger partial charge in [0.25, 0.3) is 0 Å². The molecule has 1 unspecified atom stereocenters. The van der Waals surface area contributed by atoms with Crippen LogP contribution in [0.5, 0.6) is 0 Å². The summed E-state index contributed by atoms with van der Waals surface area (Å²) in [6.45, 7) is 6.08. The maximum absolute atomic E-state index is 11.9. The highest BCUT2D eigenvalue weighted by atomic mass is 16.3. The first-order valence-electron chi connectivity index (χ1n) is 7.34. The summed E-state index contributed by atoms with van der Waals surface area (Å²) in [4.78, 5) is 11.9. The lowest BCUT2D eigenvalue weighted by Gasteiger charge is -2.16. The summed E-state index contributed by atoms with van der Waals surface area (Å²) in [5, 5.41) is 12.3. The molecule has 1 atom stereocenters. The third-order valence-electron chi connectivity index (χ3n) is 3.53. The second-order valence-electron chi connectivity index (χ2n) is 4.85. The molecule has 0 aliphatic carbocycles. The standard InChI is InChI=1S/C17H25NO2/c1-4-13(5-2)11-17(20)18-16(12-19)15-9-7-14(6-3)8-10-15/h7-11,16,19H,4-6,12H2,1-3H3,(H,18,20). The molecular formula is C17H25NO2. The van der Waals surface area contributed by atoms with Gasteiger partial charge in [0.2, 0.25) is 5.91 Å². The van der Waals surface area contributed by atoms with Crippen LogP contribution in [0.1, 0.15) is 50.8 Å². The van der Waals surface area contributed by atoms with Crippen molar-refractivity contribution in [2.75, 3.05) is 6.61 Å². The maximum atomic E-state index is 11.9. The summed E-state index contributed by atoms with van der Waals surface area (Å²) in [5.41, 5.74) is 3.29. The summed E-state index contributed by atoms with van der Waals surface area (Å²) in [6, 6.07) is 7.64. The van der Waals surface area contributed by atoms with E-state index in [1.807, 2.05) is 38.1 Å². The zero-order chi connectivity index (χ0) is 15.0. The van der Waals surface area contributed by atoms with Gasteiger partial charge < -0.3 is 10.4 Å². The zero-order valence-electron chi connectivity index (χ0n) is 12.6. The van der Waals surface area contributed by atoms with Crippen LogP contribution >= 0.6 is 0 Å². The fourth-order valence-electron chi connectivity index (χ4n) is 2.07. The predicted octanol–water partition coefficient (Wildman–Crippen LogP) is 3.15. The van der Waals surface area contributed by atoms with Crippen molar-refractivity contribution in [3.05, 3.63) is 47.0 Å². The summed E-state index contributed by atoms with van der Waals surface area (Å²) in [5.74, 6) is -0.137. The quantitative estimate of drug-likeness (QED) is 0.751. The number of aryl methyl sites for hydroxylation is 1. The smallest absolute Gasteiger partial charge is 0.244 e. The van der Waals surface area contributed by atoms with E-state index in [9.17, 15) is 9.90 Å². The van der Waals surface area contributed by atoms with Gasteiger partial charge in [-0.15, -0.1) is 0 Å². The minimum absolute atomic E-state index is 0.0986. The topological polar surface area (TPSA) is 49.3 Å². The molecule has 0 bridgehead atoms. The van der Waals surface area contributed by atoms with Crippen molar-refractivity contribution < 1.29 is 9.90 Å². The van der Waals surface area contributed by atoms with E-state index in [2.05, 4.69) is 12.2 Å². The van der Waals surface area contributed by atoms with Crippen molar-refractivity contribution in [2.45, 2.75) is 46.1 Å². The van der Waals surface area contributed by atoms with Crippen LogP contribution < -0.4 is 5.32 Å². The molecule has 0 aliphatic heterocycles. The van der Waals surface area contributed by atoms with Crippen molar-refractivity contribution >= 4 is 5.91 Å². The SMILES string of the molecule is CCC(=CC(=O)NC(CO)c1ccc(CC)cc1)CC. The first-order chi connectivity index (χ1) is 9.64. The molecule has 0 saturated heterocycles. The molecule has 0 aromatic heterocycles. The Hall–Kier alpha value is -1.61. The summed E-state index contributed by atoms with van der Waals surface area (Å²) >= 11 is 0. The van der Waals surface area contributed by atoms with Gasteiger partial charge in [-0.05, 0) is 30.4 Å². The Morgan fingerprint density at radius 3 is 2.25 bits per heavy atom. The highest BCUT2D eigenvalue weighted by molar-refractivity contribution is 5.88. The predicted molar refractivity (Wildman–Crippen MR) is 82.5 cm³/mol. The van der Waals surface area contributed by atoms with Crippen LogP contribution in [0.3, 0.4) is 0 Å². The molecule has 1 aromatic rings. The van der Waals surface area contributed by atoms with Crippen LogP contribution in [0.2, 0.25) is 0 Å². The minimum atomic E-state index is -0.348. The fraction of sp³-hybridized carbons (Fsp3) is 0.471. The summed E-state index contributed by atoms with van der Waals surface area (Å²) in [6.07, 6.45) is 4.37. The van der Waals surface area contributed by atoms with Gasteiger partial charge in [-0.25, -0.2) is 0 Å². The van der Waals surface area contributed by atoms with Gasteiger partial charge in [0.1, 0.15) is 0 Å². The van der Waals surface area contributed by atoms with Crippen LogP contribution in [0.4, 0.5) is 0 Å². The van der Waals surface area contributed by atoms with E-state index < -0.39 is 0 Å². The lowest BCUT2D eigenvalue weighted by Crippen LogP contribution is -2.29. The van der Waals surface area contributed by atoms with E-state index in [1.54, 1.807) is 6.08 Å². The molecule has 2 N–H and O–H groups in total.